The molecule has 0 aliphatic rings. The molecule has 0 bridgehead atoms. The maximum Gasteiger partial charge on any atom is 0.0544 e. The van der Waals surface area contributed by atoms with E-state index >= 15 is 0 Å². The third-order valence-corrected chi connectivity index (χ3v) is 7.14. The van der Waals surface area contributed by atoms with Crippen LogP contribution in [0.25, 0.3) is 65.9 Å². The average Bonchev–Trinajstić information content (AvgIpc) is 3.42. The van der Waals surface area contributed by atoms with Gasteiger partial charge in [0.1, 0.15) is 0 Å². The smallest absolute Gasteiger partial charge is 0.0544 e. The van der Waals surface area contributed by atoms with Crippen LogP contribution in [0.4, 0.5) is 0 Å². The minimum Gasteiger partial charge on any atom is -0.354 e. The second kappa shape index (κ2) is 7.09. The summed E-state index contributed by atoms with van der Waals surface area (Å²) in [4.78, 5) is 7.36. The number of halogens is 1. The predicted molar refractivity (Wildman–Crippen MR) is 144 cm³/mol. The van der Waals surface area contributed by atoms with Crippen molar-refractivity contribution < 1.29 is 0 Å². The van der Waals surface area contributed by atoms with E-state index in [0.29, 0.717) is 0 Å². The number of benzene rings is 5. The molecule has 0 aliphatic heterocycles. The van der Waals surface area contributed by atoms with Crippen molar-refractivity contribution in [1.29, 1.82) is 0 Å². The fourth-order valence-electron chi connectivity index (χ4n) is 5.17. The van der Waals surface area contributed by atoms with Crippen LogP contribution in [0.2, 0.25) is 0 Å². The van der Waals surface area contributed by atoms with Crippen LogP contribution in [0.5, 0.6) is 0 Å². The van der Waals surface area contributed by atoms with Gasteiger partial charge in [-0.1, -0.05) is 94.8 Å². The molecule has 2 N–H and O–H groups in total. The second-order valence-electron chi connectivity index (χ2n) is 8.49. The van der Waals surface area contributed by atoms with Crippen LogP contribution in [0, 0.1) is 0 Å². The highest BCUT2D eigenvalue weighted by atomic mass is 79.9. The van der Waals surface area contributed by atoms with Gasteiger partial charge in [-0.2, -0.15) is 0 Å². The number of rotatable bonds is 2. The van der Waals surface area contributed by atoms with Gasteiger partial charge < -0.3 is 9.97 Å². The number of aromatic nitrogens is 2. The monoisotopic (exact) mass is 486 g/mol. The highest BCUT2D eigenvalue weighted by molar-refractivity contribution is 9.10. The molecule has 3 heteroatoms. The Morgan fingerprint density at radius 1 is 0.424 bits per heavy atom. The van der Waals surface area contributed by atoms with Gasteiger partial charge in [-0.25, -0.2) is 0 Å². The molecule has 0 saturated carbocycles. The molecule has 156 valence electrons. The molecule has 33 heavy (non-hydrogen) atoms. The summed E-state index contributed by atoms with van der Waals surface area (Å²) in [5.74, 6) is 0. The number of hydrogen-bond donors (Lipinski definition) is 2. The lowest BCUT2D eigenvalue weighted by atomic mass is 9.92. The lowest BCUT2D eigenvalue weighted by molar-refractivity contribution is 1.51. The van der Waals surface area contributed by atoms with Crippen molar-refractivity contribution in [2.45, 2.75) is 0 Å². The van der Waals surface area contributed by atoms with Gasteiger partial charge in [0.25, 0.3) is 0 Å². The van der Waals surface area contributed by atoms with Crippen molar-refractivity contribution in [2.75, 3.05) is 0 Å². The van der Waals surface area contributed by atoms with E-state index in [0.717, 1.165) is 15.5 Å². The molecule has 5 aromatic carbocycles. The van der Waals surface area contributed by atoms with Gasteiger partial charge in [0, 0.05) is 48.2 Å². The minimum atomic E-state index is 1.07. The van der Waals surface area contributed by atoms with E-state index in [1.165, 1.54) is 54.8 Å². The fourth-order valence-corrected chi connectivity index (χ4v) is 5.53. The Kier molecular flexibility index (Phi) is 4.02. The van der Waals surface area contributed by atoms with Gasteiger partial charge >= 0.3 is 0 Å². The van der Waals surface area contributed by atoms with Gasteiger partial charge in [-0.3, -0.25) is 0 Å². The lowest BCUT2D eigenvalue weighted by Gasteiger charge is -2.13. The van der Waals surface area contributed by atoms with Gasteiger partial charge in [-0.05, 0) is 35.4 Å². The third kappa shape index (κ3) is 2.79. The number of H-pyrrole nitrogens is 2. The summed E-state index contributed by atoms with van der Waals surface area (Å²) in [5.41, 5.74) is 9.49. The van der Waals surface area contributed by atoms with Gasteiger partial charge in [0.05, 0.1) is 11.0 Å². The Labute approximate surface area is 199 Å². The summed E-state index contributed by atoms with van der Waals surface area (Å²) >= 11 is 3.72. The zero-order valence-corrected chi connectivity index (χ0v) is 19.3. The number of aromatic amines is 2. The largest absolute Gasteiger partial charge is 0.354 e. The molecule has 0 fully saturated rings. The van der Waals surface area contributed by atoms with E-state index in [4.69, 9.17) is 0 Å². The van der Waals surface area contributed by atoms with Crippen molar-refractivity contribution >= 4 is 59.5 Å². The second-order valence-corrected chi connectivity index (χ2v) is 9.40. The van der Waals surface area contributed by atoms with Crippen LogP contribution in [0.1, 0.15) is 0 Å². The molecule has 2 heterocycles. The summed E-state index contributed by atoms with van der Waals surface area (Å²) in [6.07, 6.45) is 0. The number of nitrogens with one attached hydrogen (secondary N) is 2. The van der Waals surface area contributed by atoms with Crippen molar-refractivity contribution in [2.24, 2.45) is 0 Å². The molecule has 0 radical (unpaired) electrons. The molecular formula is C30H19BrN2. The first-order chi connectivity index (χ1) is 16.3. The molecule has 0 amide bonds. The van der Waals surface area contributed by atoms with Crippen molar-refractivity contribution in [1.82, 2.24) is 9.97 Å². The Balaban J connectivity index is 1.56. The van der Waals surface area contributed by atoms with Crippen LogP contribution < -0.4 is 0 Å². The maximum absolute atomic E-state index is 3.72. The van der Waals surface area contributed by atoms with E-state index < -0.39 is 0 Å². The number of fused-ring (bicyclic) bond motifs is 6. The standard InChI is InChI=1S/C30H19BrN2/c31-18-15-16-19(22-9-5-10-23-20-7-1-3-13-27(20)32-29(22)23)26(17-18)25-12-6-11-24-21-8-2-4-14-28(21)33-30(24)25/h1-17,32-33H. The zero-order valence-electron chi connectivity index (χ0n) is 17.7. The fraction of sp³-hybridized carbons (Fsp3) is 0. The Bertz CT molecular complexity index is 1840. The molecule has 0 atom stereocenters. The molecule has 0 spiro atoms. The first-order valence-electron chi connectivity index (χ1n) is 11.1. The molecule has 0 saturated heterocycles. The number of hydrogen-bond acceptors (Lipinski definition) is 0. The first-order valence-corrected chi connectivity index (χ1v) is 11.9. The average molecular weight is 487 g/mol. The molecule has 2 aromatic heterocycles. The van der Waals surface area contributed by atoms with Gasteiger partial charge in [0.15, 0.2) is 0 Å². The van der Waals surface area contributed by atoms with Crippen LogP contribution in [0.15, 0.2) is 108 Å². The summed E-state index contributed by atoms with van der Waals surface area (Å²) in [6.45, 7) is 0. The summed E-state index contributed by atoms with van der Waals surface area (Å²) in [5, 5.41) is 5.01. The topological polar surface area (TPSA) is 31.6 Å². The van der Waals surface area contributed by atoms with E-state index in [9.17, 15) is 0 Å². The van der Waals surface area contributed by atoms with Crippen molar-refractivity contribution in [3.8, 4) is 22.3 Å². The normalized spacial score (nSPS) is 11.8. The summed E-state index contributed by atoms with van der Waals surface area (Å²) in [7, 11) is 0. The SMILES string of the molecule is Brc1ccc(-c2cccc3c2[nH]c2ccccc23)c(-c2cccc3c2[nH]c2ccccc23)c1. The minimum absolute atomic E-state index is 1.07. The van der Waals surface area contributed by atoms with Crippen molar-refractivity contribution in [3.63, 3.8) is 0 Å². The van der Waals surface area contributed by atoms with Crippen LogP contribution in [0.3, 0.4) is 0 Å². The van der Waals surface area contributed by atoms with E-state index in [2.05, 4.69) is 129 Å². The van der Waals surface area contributed by atoms with Crippen LogP contribution in [-0.2, 0) is 0 Å². The van der Waals surface area contributed by atoms with E-state index in [1.54, 1.807) is 0 Å². The molecule has 2 nitrogen and oxygen atoms in total. The number of para-hydroxylation sites is 4. The quantitative estimate of drug-likeness (QED) is 0.244. The highest BCUT2D eigenvalue weighted by Crippen LogP contribution is 2.42. The maximum atomic E-state index is 3.72. The summed E-state index contributed by atoms with van der Waals surface area (Å²) in [6, 6.07) is 36.8. The van der Waals surface area contributed by atoms with Crippen LogP contribution >= 0.6 is 15.9 Å². The van der Waals surface area contributed by atoms with E-state index in [-0.39, 0.29) is 0 Å². The molecule has 7 aromatic rings. The first kappa shape index (κ1) is 18.7. The Hall–Kier alpha value is -3.82. The zero-order chi connectivity index (χ0) is 21.9. The Morgan fingerprint density at radius 2 is 0.939 bits per heavy atom. The molecule has 0 unspecified atom stereocenters. The van der Waals surface area contributed by atoms with Crippen LogP contribution in [-0.4, -0.2) is 9.97 Å². The van der Waals surface area contributed by atoms with Gasteiger partial charge in [-0.15, -0.1) is 0 Å². The molecule has 7 rings (SSSR count). The Morgan fingerprint density at radius 3 is 1.55 bits per heavy atom. The lowest BCUT2D eigenvalue weighted by Crippen LogP contribution is -1.88. The third-order valence-electron chi connectivity index (χ3n) is 6.64. The predicted octanol–water partition coefficient (Wildman–Crippen LogP) is 9.05. The summed E-state index contributed by atoms with van der Waals surface area (Å²) < 4.78 is 1.07. The van der Waals surface area contributed by atoms with Crippen molar-refractivity contribution in [3.05, 3.63) is 108 Å². The van der Waals surface area contributed by atoms with Gasteiger partial charge in [0.2, 0.25) is 0 Å². The van der Waals surface area contributed by atoms with E-state index in [1.807, 2.05) is 0 Å². The highest BCUT2D eigenvalue weighted by Gasteiger charge is 2.16. The molecule has 0 aliphatic carbocycles. The molecular weight excluding hydrogens is 468 g/mol.